The van der Waals surface area contributed by atoms with E-state index in [4.69, 9.17) is 9.47 Å². The van der Waals surface area contributed by atoms with Crippen LogP contribution in [0.5, 0.6) is 5.75 Å². The second kappa shape index (κ2) is 12.5. The number of benzene rings is 2. The monoisotopic (exact) mass is 548 g/mol. The quantitative estimate of drug-likeness (QED) is 0.403. The summed E-state index contributed by atoms with van der Waals surface area (Å²) >= 11 is 0. The van der Waals surface area contributed by atoms with E-state index in [0.717, 1.165) is 45.8 Å². The first-order valence-corrected chi connectivity index (χ1v) is 14.2. The van der Waals surface area contributed by atoms with E-state index in [1.54, 1.807) is 12.1 Å². The van der Waals surface area contributed by atoms with Crippen LogP contribution in [0.3, 0.4) is 0 Å². The summed E-state index contributed by atoms with van der Waals surface area (Å²) in [6.45, 7) is 11.3. The van der Waals surface area contributed by atoms with Crippen LogP contribution in [-0.4, -0.2) is 90.3 Å². The number of hydrogen-bond donors (Lipinski definition) is 0. The molecule has 3 aromatic rings. The first-order valence-electron chi connectivity index (χ1n) is 14.2. The zero-order valence-corrected chi connectivity index (χ0v) is 23.9. The highest BCUT2D eigenvalue weighted by atomic mass is 19.1. The number of amides is 1. The molecule has 1 amide bonds. The molecule has 3 heterocycles. The van der Waals surface area contributed by atoms with Crippen molar-refractivity contribution in [2.24, 2.45) is 0 Å². The van der Waals surface area contributed by atoms with Crippen molar-refractivity contribution in [2.45, 2.75) is 39.0 Å². The average molecular weight is 549 g/mol. The van der Waals surface area contributed by atoms with E-state index < -0.39 is 5.60 Å². The smallest absolute Gasteiger partial charge is 0.225 e. The molecule has 0 saturated carbocycles. The molecule has 40 heavy (non-hydrogen) atoms. The van der Waals surface area contributed by atoms with E-state index in [1.165, 1.54) is 34.6 Å². The Kier molecular flexibility index (Phi) is 8.88. The van der Waals surface area contributed by atoms with E-state index in [-0.39, 0.29) is 24.8 Å². The SMILES string of the molecule is Cc1cc(CN2CCOC(COc3ccc(F)cc3)(CC(=O)N3CCN(C)CC3)C2)c(C)n1Cc1ccccc1. The Bertz CT molecular complexity index is 1270. The van der Waals surface area contributed by atoms with Gasteiger partial charge in [0.1, 0.15) is 23.8 Å². The lowest BCUT2D eigenvalue weighted by Crippen LogP contribution is -2.58. The van der Waals surface area contributed by atoms with E-state index in [9.17, 15) is 9.18 Å². The third-order valence-electron chi connectivity index (χ3n) is 8.23. The van der Waals surface area contributed by atoms with Crippen LogP contribution >= 0.6 is 0 Å². The van der Waals surface area contributed by atoms with Crippen LogP contribution in [0.15, 0.2) is 60.7 Å². The molecule has 2 aliphatic rings. The van der Waals surface area contributed by atoms with Crippen molar-refractivity contribution in [1.29, 1.82) is 0 Å². The van der Waals surface area contributed by atoms with Crippen LogP contribution in [-0.2, 0) is 22.6 Å². The lowest BCUT2D eigenvalue weighted by Gasteiger charge is -2.43. The van der Waals surface area contributed by atoms with Gasteiger partial charge in [-0.3, -0.25) is 9.69 Å². The van der Waals surface area contributed by atoms with Gasteiger partial charge in [-0.15, -0.1) is 0 Å². The summed E-state index contributed by atoms with van der Waals surface area (Å²) in [5, 5.41) is 0. The minimum Gasteiger partial charge on any atom is -0.491 e. The van der Waals surface area contributed by atoms with Gasteiger partial charge in [-0.05, 0) is 62.4 Å². The molecule has 214 valence electrons. The van der Waals surface area contributed by atoms with Crippen LogP contribution in [0.4, 0.5) is 4.39 Å². The topological polar surface area (TPSA) is 50.2 Å². The highest BCUT2D eigenvalue weighted by Gasteiger charge is 2.41. The molecular weight excluding hydrogens is 507 g/mol. The Hall–Kier alpha value is -3.20. The third-order valence-corrected chi connectivity index (χ3v) is 8.23. The molecule has 0 bridgehead atoms. The number of carbonyl (C=O) groups is 1. The molecule has 2 aromatic carbocycles. The number of morpholine rings is 1. The highest BCUT2D eigenvalue weighted by Crippen LogP contribution is 2.28. The van der Waals surface area contributed by atoms with Gasteiger partial charge in [-0.1, -0.05) is 30.3 Å². The maximum absolute atomic E-state index is 13.5. The van der Waals surface area contributed by atoms with Gasteiger partial charge in [0, 0.05) is 63.7 Å². The molecule has 1 unspecified atom stereocenters. The predicted octanol–water partition coefficient (Wildman–Crippen LogP) is 4.11. The van der Waals surface area contributed by atoms with E-state index in [1.807, 2.05) is 11.0 Å². The largest absolute Gasteiger partial charge is 0.491 e. The summed E-state index contributed by atoms with van der Waals surface area (Å²) in [4.78, 5) is 20.0. The molecule has 5 rings (SSSR count). The van der Waals surface area contributed by atoms with Crippen molar-refractivity contribution >= 4 is 5.91 Å². The average Bonchev–Trinajstić information content (AvgIpc) is 3.21. The van der Waals surface area contributed by atoms with E-state index in [0.29, 0.717) is 18.9 Å². The second-order valence-corrected chi connectivity index (χ2v) is 11.3. The molecule has 0 aliphatic carbocycles. The Morgan fingerprint density at radius 3 is 2.42 bits per heavy atom. The van der Waals surface area contributed by atoms with Crippen LogP contribution in [0.1, 0.15) is 28.9 Å². The summed E-state index contributed by atoms with van der Waals surface area (Å²) < 4.78 is 28.3. The normalized spacial score (nSPS) is 20.6. The molecule has 2 saturated heterocycles. The predicted molar refractivity (Wildman–Crippen MR) is 154 cm³/mol. The summed E-state index contributed by atoms with van der Waals surface area (Å²) in [5.41, 5.74) is 4.27. The molecule has 2 aliphatic heterocycles. The van der Waals surface area contributed by atoms with Gasteiger partial charge < -0.3 is 23.8 Å². The van der Waals surface area contributed by atoms with Gasteiger partial charge in [-0.2, -0.15) is 0 Å². The van der Waals surface area contributed by atoms with Gasteiger partial charge in [0.25, 0.3) is 0 Å². The first-order chi connectivity index (χ1) is 19.3. The van der Waals surface area contributed by atoms with Gasteiger partial charge in [0.15, 0.2) is 0 Å². The first kappa shape index (κ1) is 28.3. The molecule has 0 spiro atoms. The van der Waals surface area contributed by atoms with E-state index in [2.05, 4.69) is 65.6 Å². The Morgan fingerprint density at radius 2 is 1.70 bits per heavy atom. The van der Waals surface area contributed by atoms with Gasteiger partial charge in [-0.25, -0.2) is 4.39 Å². The molecular formula is C32H41FN4O3. The van der Waals surface area contributed by atoms with Gasteiger partial charge in [0.05, 0.1) is 13.0 Å². The Labute approximate surface area is 237 Å². The lowest BCUT2D eigenvalue weighted by molar-refractivity contribution is -0.157. The summed E-state index contributed by atoms with van der Waals surface area (Å²) in [6, 6.07) is 18.8. The number of rotatable bonds is 9. The standard InChI is InChI=1S/C32H41FN4O3/c1-25-19-28(26(2)37(25)21-27-7-5-4-6-8-27)22-35-17-18-40-32(23-35,24-39-30-11-9-29(33)10-12-30)20-31(38)36-15-13-34(3)14-16-36/h4-12,19H,13-18,20-24H2,1-3H3. The Morgan fingerprint density at radius 1 is 0.975 bits per heavy atom. The van der Waals surface area contributed by atoms with Crippen molar-refractivity contribution in [3.8, 4) is 5.75 Å². The number of piperazine rings is 1. The molecule has 0 N–H and O–H groups in total. The lowest BCUT2D eigenvalue weighted by atomic mass is 9.96. The maximum atomic E-state index is 13.5. The van der Waals surface area contributed by atoms with Gasteiger partial charge in [0.2, 0.25) is 5.91 Å². The van der Waals surface area contributed by atoms with Crippen molar-refractivity contribution in [3.63, 3.8) is 0 Å². The van der Waals surface area contributed by atoms with Crippen molar-refractivity contribution < 1.29 is 18.7 Å². The third kappa shape index (κ3) is 6.92. The van der Waals surface area contributed by atoms with Crippen LogP contribution in [0, 0.1) is 19.7 Å². The minimum absolute atomic E-state index is 0.0960. The fraction of sp³-hybridized carbons (Fsp3) is 0.469. The fourth-order valence-electron chi connectivity index (χ4n) is 5.78. The molecule has 1 aromatic heterocycles. The zero-order valence-electron chi connectivity index (χ0n) is 23.9. The molecule has 8 heteroatoms. The number of aryl methyl sites for hydroxylation is 1. The maximum Gasteiger partial charge on any atom is 0.225 e. The van der Waals surface area contributed by atoms with Gasteiger partial charge >= 0.3 is 0 Å². The van der Waals surface area contributed by atoms with E-state index >= 15 is 0 Å². The van der Waals surface area contributed by atoms with Crippen LogP contribution < -0.4 is 4.74 Å². The number of hydrogen-bond acceptors (Lipinski definition) is 5. The summed E-state index contributed by atoms with van der Waals surface area (Å²) in [5.74, 6) is 0.356. The Balaban J connectivity index is 1.31. The number of nitrogens with zero attached hydrogens (tertiary/aromatic N) is 4. The number of likely N-dealkylation sites (N-methyl/N-ethyl adjacent to an activating group) is 1. The molecule has 0 radical (unpaired) electrons. The highest BCUT2D eigenvalue weighted by molar-refractivity contribution is 5.77. The van der Waals surface area contributed by atoms with Crippen LogP contribution in [0.2, 0.25) is 0 Å². The minimum atomic E-state index is -0.789. The number of carbonyl (C=O) groups excluding carboxylic acids is 1. The molecule has 1 atom stereocenters. The van der Waals surface area contributed by atoms with Crippen molar-refractivity contribution in [3.05, 3.63) is 89.0 Å². The number of ether oxygens (including phenoxy) is 2. The summed E-state index contributed by atoms with van der Waals surface area (Å²) in [6.07, 6.45) is 0.251. The number of halogens is 1. The van der Waals surface area contributed by atoms with Crippen molar-refractivity contribution in [2.75, 3.05) is 59.5 Å². The van der Waals surface area contributed by atoms with Crippen LogP contribution in [0.25, 0.3) is 0 Å². The van der Waals surface area contributed by atoms with Crippen molar-refractivity contribution in [1.82, 2.24) is 19.3 Å². The molecule has 2 fully saturated rings. The summed E-state index contributed by atoms with van der Waals surface area (Å²) in [7, 11) is 2.08. The zero-order chi connectivity index (χ0) is 28.1. The fourth-order valence-corrected chi connectivity index (χ4v) is 5.78. The number of aromatic nitrogens is 1. The molecule has 7 nitrogen and oxygen atoms in total. The second-order valence-electron chi connectivity index (χ2n) is 11.3.